The molecule has 1 aromatic carbocycles. The van der Waals surface area contributed by atoms with E-state index in [0.29, 0.717) is 0 Å². The van der Waals surface area contributed by atoms with E-state index in [2.05, 4.69) is 6.58 Å². The van der Waals surface area contributed by atoms with Crippen LogP contribution in [-0.2, 0) is 0 Å². The molecular formula is C15H22O2. The average molecular weight is 234 g/mol. The summed E-state index contributed by atoms with van der Waals surface area (Å²) in [5, 5.41) is 18.8. The van der Waals surface area contributed by atoms with Crippen LogP contribution in [0, 0.1) is 0 Å². The molecule has 0 aromatic heterocycles. The van der Waals surface area contributed by atoms with Crippen LogP contribution in [0.15, 0.2) is 43.0 Å². The summed E-state index contributed by atoms with van der Waals surface area (Å²) in [7, 11) is 0. The quantitative estimate of drug-likeness (QED) is 0.536. The number of aliphatic hydroxyl groups excluding tert-OH is 2. The van der Waals surface area contributed by atoms with Crippen molar-refractivity contribution in [2.24, 2.45) is 0 Å². The summed E-state index contributed by atoms with van der Waals surface area (Å²) < 4.78 is 0. The zero-order valence-electron chi connectivity index (χ0n) is 10.3. The summed E-state index contributed by atoms with van der Waals surface area (Å²) in [6.45, 7) is 4.04. The van der Waals surface area contributed by atoms with Crippen LogP contribution in [0.25, 0.3) is 0 Å². The second-order valence-electron chi connectivity index (χ2n) is 4.31. The summed E-state index contributed by atoms with van der Waals surface area (Å²) in [5.41, 5.74) is 1.11. The molecule has 94 valence electrons. The molecule has 0 aliphatic heterocycles. The van der Waals surface area contributed by atoms with Gasteiger partial charge in [0.25, 0.3) is 0 Å². The molecule has 0 radical (unpaired) electrons. The Morgan fingerprint density at radius 1 is 1.12 bits per heavy atom. The monoisotopic (exact) mass is 234 g/mol. The van der Waals surface area contributed by atoms with Gasteiger partial charge in [-0.2, -0.15) is 0 Å². The van der Waals surface area contributed by atoms with Crippen LogP contribution in [0.3, 0.4) is 0 Å². The molecule has 0 aliphatic carbocycles. The Labute approximate surface area is 104 Å². The van der Waals surface area contributed by atoms with Crippen molar-refractivity contribution < 1.29 is 10.2 Å². The third-order valence-corrected chi connectivity index (χ3v) is 3.01. The SMILES string of the molecule is C=C[C@H](c1ccccc1)[C@H](O)CCCCCO. The molecule has 1 aromatic rings. The molecule has 0 unspecified atom stereocenters. The Hall–Kier alpha value is -1.12. The van der Waals surface area contributed by atoms with Crippen molar-refractivity contribution in [3.63, 3.8) is 0 Å². The summed E-state index contributed by atoms with van der Waals surface area (Å²) in [4.78, 5) is 0. The Balaban J connectivity index is 2.47. The number of aliphatic hydroxyl groups is 2. The third kappa shape index (κ3) is 4.72. The van der Waals surface area contributed by atoms with Gasteiger partial charge in [-0.1, -0.05) is 49.2 Å². The molecule has 1 rings (SSSR count). The van der Waals surface area contributed by atoms with Crippen molar-refractivity contribution in [1.82, 2.24) is 0 Å². The van der Waals surface area contributed by atoms with Crippen molar-refractivity contribution in [2.75, 3.05) is 6.61 Å². The highest BCUT2D eigenvalue weighted by molar-refractivity contribution is 5.24. The highest BCUT2D eigenvalue weighted by Crippen LogP contribution is 2.24. The first-order valence-electron chi connectivity index (χ1n) is 6.26. The maximum atomic E-state index is 10.1. The van der Waals surface area contributed by atoms with Crippen molar-refractivity contribution in [2.45, 2.75) is 37.7 Å². The van der Waals surface area contributed by atoms with Crippen molar-refractivity contribution in [3.8, 4) is 0 Å². The first-order valence-corrected chi connectivity index (χ1v) is 6.26. The summed E-state index contributed by atoms with van der Waals surface area (Å²) in [6, 6.07) is 9.96. The van der Waals surface area contributed by atoms with E-state index in [1.54, 1.807) is 0 Å². The minimum atomic E-state index is -0.381. The lowest BCUT2D eigenvalue weighted by molar-refractivity contribution is 0.144. The van der Waals surface area contributed by atoms with E-state index in [9.17, 15) is 5.11 Å². The van der Waals surface area contributed by atoms with Crippen LogP contribution in [0.1, 0.15) is 37.2 Å². The first-order chi connectivity index (χ1) is 8.29. The average Bonchev–Trinajstić information content (AvgIpc) is 2.37. The summed E-state index contributed by atoms with van der Waals surface area (Å²) in [5.74, 6) is 0.00493. The molecule has 0 heterocycles. The number of benzene rings is 1. The van der Waals surface area contributed by atoms with Crippen molar-refractivity contribution >= 4 is 0 Å². The highest BCUT2D eigenvalue weighted by atomic mass is 16.3. The number of hydrogen-bond donors (Lipinski definition) is 2. The topological polar surface area (TPSA) is 40.5 Å². The van der Waals surface area contributed by atoms with Gasteiger partial charge in [-0.15, -0.1) is 6.58 Å². The largest absolute Gasteiger partial charge is 0.396 e. The van der Waals surface area contributed by atoms with E-state index in [4.69, 9.17) is 5.11 Å². The fourth-order valence-corrected chi connectivity index (χ4v) is 2.01. The van der Waals surface area contributed by atoms with E-state index in [1.165, 1.54) is 0 Å². The van der Waals surface area contributed by atoms with Gasteiger partial charge in [0.05, 0.1) is 6.10 Å². The summed E-state index contributed by atoms with van der Waals surface area (Å²) >= 11 is 0. The second kappa shape index (κ2) is 8.04. The second-order valence-corrected chi connectivity index (χ2v) is 4.31. The fourth-order valence-electron chi connectivity index (χ4n) is 2.01. The normalized spacial score (nSPS) is 14.2. The van der Waals surface area contributed by atoms with Crippen LogP contribution < -0.4 is 0 Å². The predicted molar refractivity (Wildman–Crippen MR) is 70.9 cm³/mol. The van der Waals surface area contributed by atoms with E-state index < -0.39 is 0 Å². The molecule has 0 saturated heterocycles. The van der Waals surface area contributed by atoms with Crippen molar-refractivity contribution in [3.05, 3.63) is 48.6 Å². The molecule has 2 atom stereocenters. The number of hydrogen-bond acceptors (Lipinski definition) is 2. The molecule has 0 spiro atoms. The molecule has 0 amide bonds. The molecule has 0 saturated carbocycles. The van der Waals surface area contributed by atoms with E-state index >= 15 is 0 Å². The lowest BCUT2D eigenvalue weighted by Gasteiger charge is -2.20. The maximum Gasteiger partial charge on any atom is 0.0643 e. The van der Waals surface area contributed by atoms with E-state index in [-0.39, 0.29) is 18.6 Å². The molecule has 17 heavy (non-hydrogen) atoms. The minimum absolute atomic E-state index is 0.00493. The Kier molecular flexibility index (Phi) is 6.60. The van der Waals surface area contributed by atoms with Crippen LogP contribution in [-0.4, -0.2) is 22.9 Å². The smallest absolute Gasteiger partial charge is 0.0643 e. The fraction of sp³-hybridized carbons (Fsp3) is 0.467. The van der Waals surface area contributed by atoms with Gasteiger partial charge in [0.15, 0.2) is 0 Å². The Morgan fingerprint density at radius 2 is 1.82 bits per heavy atom. The van der Waals surface area contributed by atoms with Crippen LogP contribution in [0.2, 0.25) is 0 Å². The van der Waals surface area contributed by atoms with Gasteiger partial charge < -0.3 is 10.2 Å². The predicted octanol–water partition coefficient (Wildman–Crippen LogP) is 2.87. The van der Waals surface area contributed by atoms with Gasteiger partial charge >= 0.3 is 0 Å². The van der Waals surface area contributed by atoms with Gasteiger partial charge in [0.1, 0.15) is 0 Å². The lowest BCUT2D eigenvalue weighted by atomic mass is 9.90. The van der Waals surface area contributed by atoms with Gasteiger partial charge in [-0.3, -0.25) is 0 Å². The van der Waals surface area contributed by atoms with E-state index in [0.717, 1.165) is 31.2 Å². The lowest BCUT2D eigenvalue weighted by Crippen LogP contribution is -2.16. The molecule has 0 fully saturated rings. The Morgan fingerprint density at radius 3 is 2.41 bits per heavy atom. The number of unbranched alkanes of at least 4 members (excludes halogenated alkanes) is 2. The third-order valence-electron chi connectivity index (χ3n) is 3.01. The molecule has 0 aliphatic rings. The standard InChI is InChI=1S/C15H22O2/c1-2-14(13-9-5-3-6-10-13)15(17)11-7-4-8-12-16/h2-3,5-6,9-10,14-17H,1,4,7-8,11-12H2/t14-,15-/m1/s1. The molecule has 2 heteroatoms. The van der Waals surface area contributed by atoms with Crippen molar-refractivity contribution in [1.29, 1.82) is 0 Å². The summed E-state index contributed by atoms with van der Waals surface area (Å²) in [6.07, 6.45) is 4.91. The zero-order chi connectivity index (χ0) is 12.5. The van der Waals surface area contributed by atoms with Crippen LogP contribution in [0.4, 0.5) is 0 Å². The minimum Gasteiger partial charge on any atom is -0.396 e. The first kappa shape index (κ1) is 13.9. The van der Waals surface area contributed by atoms with Gasteiger partial charge in [0, 0.05) is 12.5 Å². The zero-order valence-corrected chi connectivity index (χ0v) is 10.3. The molecule has 2 nitrogen and oxygen atoms in total. The highest BCUT2D eigenvalue weighted by Gasteiger charge is 2.16. The maximum absolute atomic E-state index is 10.1. The van der Waals surface area contributed by atoms with Crippen LogP contribution in [0.5, 0.6) is 0 Å². The van der Waals surface area contributed by atoms with Gasteiger partial charge in [-0.05, 0) is 18.4 Å². The molecular weight excluding hydrogens is 212 g/mol. The Bertz CT molecular complexity index is 308. The van der Waals surface area contributed by atoms with E-state index in [1.807, 2.05) is 36.4 Å². The molecule has 2 N–H and O–H groups in total. The van der Waals surface area contributed by atoms with Gasteiger partial charge in [0.2, 0.25) is 0 Å². The van der Waals surface area contributed by atoms with Gasteiger partial charge in [-0.25, -0.2) is 0 Å². The van der Waals surface area contributed by atoms with Crippen LogP contribution >= 0.6 is 0 Å². The number of rotatable bonds is 8. The molecule has 0 bridgehead atoms.